The van der Waals surface area contributed by atoms with Crippen molar-refractivity contribution in [3.63, 3.8) is 0 Å². The molecule has 5 rings (SSSR count). The second kappa shape index (κ2) is 7.72. The zero-order valence-corrected chi connectivity index (χ0v) is 18.1. The molecule has 0 saturated heterocycles. The number of Topliss-reactive ketones (excluding diaryl/α,β-unsaturated/α-hetero) is 1. The van der Waals surface area contributed by atoms with E-state index >= 15 is 0 Å². The Morgan fingerprint density at radius 1 is 1.06 bits per heavy atom. The van der Waals surface area contributed by atoms with Crippen molar-refractivity contribution in [2.24, 2.45) is 11.8 Å². The van der Waals surface area contributed by atoms with Gasteiger partial charge >= 0.3 is 0 Å². The number of nitrogens with zero attached hydrogens (tertiary/aromatic N) is 3. The zero-order valence-electron chi connectivity index (χ0n) is 18.1. The van der Waals surface area contributed by atoms with Crippen LogP contribution in [0.15, 0.2) is 72.3 Å². The van der Waals surface area contributed by atoms with Crippen molar-refractivity contribution >= 4 is 5.78 Å². The van der Waals surface area contributed by atoms with E-state index in [4.69, 9.17) is 14.7 Å². The quantitative estimate of drug-likeness (QED) is 0.614. The fourth-order valence-corrected chi connectivity index (χ4v) is 5.40. The summed E-state index contributed by atoms with van der Waals surface area (Å²) in [7, 11) is 1.63. The zero-order chi connectivity index (χ0) is 22.3. The average Bonchev–Trinajstić information content (AvgIpc) is 2.86. The average molecular weight is 422 g/mol. The van der Waals surface area contributed by atoms with E-state index in [0.717, 1.165) is 35.2 Å². The topological polar surface area (TPSA) is 75.9 Å². The molecule has 5 heteroatoms. The number of ketones is 1. The Bertz CT molecular complexity index is 1260. The monoisotopic (exact) mass is 421 g/mol. The molecule has 0 amide bonds. The van der Waals surface area contributed by atoms with Crippen LogP contribution in [0.3, 0.4) is 0 Å². The van der Waals surface area contributed by atoms with E-state index in [1.54, 1.807) is 7.11 Å². The Hall–Kier alpha value is -3.78. The molecule has 158 valence electrons. The molecular formula is C27H23N3O2. The Balaban J connectivity index is 1.88. The fourth-order valence-electron chi connectivity index (χ4n) is 5.40. The number of rotatable bonds is 3. The minimum absolute atomic E-state index is 0.00905. The van der Waals surface area contributed by atoms with E-state index in [9.17, 15) is 10.1 Å². The Kier molecular flexibility index (Phi) is 4.86. The second-order valence-corrected chi connectivity index (χ2v) is 8.45. The van der Waals surface area contributed by atoms with Crippen LogP contribution in [0.25, 0.3) is 11.4 Å². The molecule has 1 heterocycles. The van der Waals surface area contributed by atoms with Gasteiger partial charge in [0.15, 0.2) is 11.6 Å². The highest BCUT2D eigenvalue weighted by Gasteiger charge is 2.53. The number of nitriles is 1. The molecule has 0 aliphatic heterocycles. The summed E-state index contributed by atoms with van der Waals surface area (Å²) in [6, 6.07) is 22.0. The lowest BCUT2D eigenvalue weighted by atomic mass is 9.54. The van der Waals surface area contributed by atoms with Crippen molar-refractivity contribution in [2.75, 3.05) is 7.11 Å². The van der Waals surface area contributed by atoms with Crippen LogP contribution in [0.1, 0.15) is 30.2 Å². The van der Waals surface area contributed by atoms with Gasteiger partial charge in [-0.25, -0.2) is 4.98 Å². The van der Waals surface area contributed by atoms with Crippen LogP contribution in [0.4, 0.5) is 0 Å². The molecule has 0 saturated carbocycles. The number of hydrogen-bond donors (Lipinski definition) is 0. The number of benzene rings is 2. The van der Waals surface area contributed by atoms with Crippen LogP contribution < -0.4 is 4.74 Å². The highest BCUT2D eigenvalue weighted by molar-refractivity contribution is 6.02. The largest absolute Gasteiger partial charge is 0.481 e. The van der Waals surface area contributed by atoms with Gasteiger partial charge in [-0.05, 0) is 30.4 Å². The van der Waals surface area contributed by atoms with Crippen LogP contribution in [0, 0.1) is 23.2 Å². The second-order valence-electron chi connectivity index (χ2n) is 8.45. The molecule has 0 bridgehead atoms. The van der Waals surface area contributed by atoms with E-state index in [-0.39, 0.29) is 23.2 Å². The number of methoxy groups -OCH3 is 1. The summed E-state index contributed by atoms with van der Waals surface area (Å²) in [5.41, 5.74) is 3.19. The molecule has 32 heavy (non-hydrogen) atoms. The summed E-state index contributed by atoms with van der Waals surface area (Å²) in [4.78, 5) is 22.8. The van der Waals surface area contributed by atoms with Crippen molar-refractivity contribution in [1.29, 1.82) is 5.26 Å². The molecule has 0 radical (unpaired) electrons. The number of hydrogen-bond acceptors (Lipinski definition) is 5. The lowest BCUT2D eigenvalue weighted by Crippen LogP contribution is -2.48. The maximum Gasteiger partial charge on any atom is 0.220 e. The van der Waals surface area contributed by atoms with Crippen molar-refractivity contribution < 1.29 is 9.53 Å². The number of carbonyl (C=O) groups excluding carboxylic acids is 1. The smallest absolute Gasteiger partial charge is 0.220 e. The molecule has 0 N–H and O–H groups in total. The maximum atomic E-state index is 13.0. The van der Waals surface area contributed by atoms with Crippen LogP contribution in [-0.4, -0.2) is 22.9 Å². The SMILES string of the molecule is COc1nc(-c2ccccc2)nc2c1CCC1C(C)C(=O)C(C#N)=CC21c1ccccc1. The standard InChI is InChI=1S/C27H23N3O2/c1-17-22-14-13-21-24(29-25(30-26(21)32-2)18-9-5-3-6-10-18)27(22,15-19(16-28)23(17)31)20-11-7-4-8-12-20/h3-12,15,17,22H,13-14H2,1-2H3. The van der Waals surface area contributed by atoms with Gasteiger partial charge in [-0.2, -0.15) is 10.2 Å². The first kappa shape index (κ1) is 20.1. The summed E-state index contributed by atoms with van der Waals surface area (Å²) < 4.78 is 5.73. The molecule has 3 aromatic rings. The molecule has 5 nitrogen and oxygen atoms in total. The van der Waals surface area contributed by atoms with Gasteiger partial charge in [0, 0.05) is 17.0 Å². The molecule has 1 aromatic heterocycles. The predicted octanol–water partition coefficient (Wildman–Crippen LogP) is 4.67. The van der Waals surface area contributed by atoms with Gasteiger partial charge in [-0.15, -0.1) is 0 Å². The highest BCUT2D eigenvalue weighted by atomic mass is 16.5. The van der Waals surface area contributed by atoms with E-state index in [1.165, 1.54) is 0 Å². The molecule has 0 fully saturated rings. The van der Waals surface area contributed by atoms with Crippen LogP contribution in [0.2, 0.25) is 0 Å². The predicted molar refractivity (Wildman–Crippen MR) is 121 cm³/mol. The highest BCUT2D eigenvalue weighted by Crippen LogP contribution is 2.54. The summed E-state index contributed by atoms with van der Waals surface area (Å²) in [6.45, 7) is 1.94. The number of allylic oxidation sites excluding steroid dienone is 2. The molecule has 3 unspecified atom stereocenters. The van der Waals surface area contributed by atoms with Crippen LogP contribution >= 0.6 is 0 Å². The number of fused-ring (bicyclic) bond motifs is 3. The first-order valence-electron chi connectivity index (χ1n) is 10.8. The third-order valence-electron chi connectivity index (χ3n) is 6.90. The molecule has 2 aliphatic carbocycles. The Morgan fingerprint density at radius 3 is 2.41 bits per heavy atom. The van der Waals surface area contributed by atoms with Gasteiger partial charge < -0.3 is 4.74 Å². The third kappa shape index (κ3) is 2.87. The van der Waals surface area contributed by atoms with E-state index in [0.29, 0.717) is 11.7 Å². The van der Waals surface area contributed by atoms with E-state index in [1.807, 2.05) is 61.5 Å². The van der Waals surface area contributed by atoms with Gasteiger partial charge in [0.1, 0.15) is 6.07 Å². The lowest BCUT2D eigenvalue weighted by molar-refractivity contribution is -0.121. The molecule has 2 aliphatic rings. The summed E-state index contributed by atoms with van der Waals surface area (Å²) >= 11 is 0. The third-order valence-corrected chi connectivity index (χ3v) is 6.90. The lowest BCUT2D eigenvalue weighted by Gasteiger charge is -2.48. The molecular weight excluding hydrogens is 398 g/mol. The summed E-state index contributed by atoms with van der Waals surface area (Å²) in [5.74, 6) is 0.749. The van der Waals surface area contributed by atoms with E-state index < -0.39 is 5.41 Å². The first-order valence-corrected chi connectivity index (χ1v) is 10.8. The molecule has 2 aromatic carbocycles. The van der Waals surface area contributed by atoms with Gasteiger partial charge in [0.25, 0.3) is 0 Å². The molecule has 0 spiro atoms. The Morgan fingerprint density at radius 2 is 1.75 bits per heavy atom. The van der Waals surface area contributed by atoms with Crippen molar-refractivity contribution in [1.82, 2.24) is 9.97 Å². The van der Waals surface area contributed by atoms with Crippen molar-refractivity contribution in [3.05, 3.63) is 89.1 Å². The van der Waals surface area contributed by atoms with Gasteiger partial charge in [-0.3, -0.25) is 4.79 Å². The van der Waals surface area contributed by atoms with Crippen molar-refractivity contribution in [3.8, 4) is 23.3 Å². The normalized spacial score (nSPS) is 24.0. The number of carbonyl (C=O) groups is 1. The van der Waals surface area contributed by atoms with Gasteiger partial charge in [0.2, 0.25) is 5.88 Å². The first-order chi connectivity index (χ1) is 15.6. The van der Waals surface area contributed by atoms with Crippen LogP contribution in [-0.2, 0) is 16.6 Å². The molecule has 3 atom stereocenters. The van der Waals surface area contributed by atoms with Crippen molar-refractivity contribution in [2.45, 2.75) is 25.2 Å². The fraction of sp³-hybridized carbons (Fsp3) is 0.259. The van der Waals surface area contributed by atoms with Gasteiger partial charge in [-0.1, -0.05) is 67.6 Å². The van der Waals surface area contributed by atoms with E-state index in [2.05, 4.69) is 18.2 Å². The van der Waals surface area contributed by atoms with Gasteiger partial charge in [0.05, 0.1) is 23.8 Å². The number of aromatic nitrogens is 2. The van der Waals surface area contributed by atoms with Crippen LogP contribution in [0.5, 0.6) is 5.88 Å². The number of ether oxygens (including phenoxy) is 1. The maximum absolute atomic E-state index is 13.0. The minimum Gasteiger partial charge on any atom is -0.481 e. The Labute approximate surface area is 187 Å². The summed E-state index contributed by atoms with van der Waals surface area (Å²) in [6.07, 6.45) is 3.36. The summed E-state index contributed by atoms with van der Waals surface area (Å²) in [5, 5.41) is 9.82. The minimum atomic E-state index is -0.701.